The third kappa shape index (κ3) is 2.74. The SMILES string of the molecule is COc1ccc(C)c(CC(C)N)c1. The summed E-state index contributed by atoms with van der Waals surface area (Å²) < 4.78 is 5.15. The van der Waals surface area contributed by atoms with Gasteiger partial charge in [-0.3, -0.25) is 0 Å². The number of rotatable bonds is 3. The highest BCUT2D eigenvalue weighted by atomic mass is 16.5. The van der Waals surface area contributed by atoms with Crippen LogP contribution >= 0.6 is 0 Å². The fourth-order valence-corrected chi connectivity index (χ4v) is 1.34. The zero-order valence-electron chi connectivity index (χ0n) is 8.50. The number of hydrogen-bond acceptors (Lipinski definition) is 2. The lowest BCUT2D eigenvalue weighted by Crippen LogP contribution is -2.18. The maximum atomic E-state index is 5.74. The van der Waals surface area contributed by atoms with E-state index in [0.29, 0.717) is 0 Å². The van der Waals surface area contributed by atoms with Gasteiger partial charge < -0.3 is 10.5 Å². The van der Waals surface area contributed by atoms with E-state index in [-0.39, 0.29) is 6.04 Å². The molecule has 0 radical (unpaired) electrons. The lowest BCUT2D eigenvalue weighted by atomic mass is 10.0. The predicted molar refractivity (Wildman–Crippen MR) is 55.1 cm³/mol. The molecule has 0 bridgehead atoms. The van der Waals surface area contributed by atoms with E-state index in [4.69, 9.17) is 10.5 Å². The van der Waals surface area contributed by atoms with Crippen LogP contribution in [0.1, 0.15) is 18.1 Å². The lowest BCUT2D eigenvalue weighted by Gasteiger charge is -2.10. The molecule has 1 atom stereocenters. The minimum Gasteiger partial charge on any atom is -0.497 e. The molecule has 0 saturated carbocycles. The molecule has 1 aromatic carbocycles. The van der Waals surface area contributed by atoms with Gasteiger partial charge >= 0.3 is 0 Å². The van der Waals surface area contributed by atoms with E-state index in [1.54, 1.807) is 7.11 Å². The molecule has 2 N–H and O–H groups in total. The Labute approximate surface area is 79.7 Å². The van der Waals surface area contributed by atoms with Crippen molar-refractivity contribution in [3.8, 4) is 5.75 Å². The van der Waals surface area contributed by atoms with Gasteiger partial charge in [0.05, 0.1) is 7.11 Å². The highest BCUT2D eigenvalue weighted by Crippen LogP contribution is 2.17. The highest BCUT2D eigenvalue weighted by Gasteiger charge is 2.03. The Kier molecular flexibility index (Phi) is 3.32. The summed E-state index contributed by atoms with van der Waals surface area (Å²) in [7, 11) is 1.68. The smallest absolute Gasteiger partial charge is 0.119 e. The van der Waals surface area contributed by atoms with Crippen LogP contribution < -0.4 is 10.5 Å². The summed E-state index contributed by atoms with van der Waals surface area (Å²) in [6.45, 7) is 4.11. The van der Waals surface area contributed by atoms with Gasteiger partial charge in [-0.05, 0) is 43.5 Å². The maximum Gasteiger partial charge on any atom is 0.119 e. The van der Waals surface area contributed by atoms with Crippen LogP contribution in [0.5, 0.6) is 5.75 Å². The maximum absolute atomic E-state index is 5.74. The van der Waals surface area contributed by atoms with Crippen LogP contribution in [0.25, 0.3) is 0 Å². The van der Waals surface area contributed by atoms with Gasteiger partial charge in [0.25, 0.3) is 0 Å². The van der Waals surface area contributed by atoms with E-state index in [0.717, 1.165) is 12.2 Å². The number of ether oxygens (including phenoxy) is 1. The van der Waals surface area contributed by atoms with Crippen molar-refractivity contribution >= 4 is 0 Å². The van der Waals surface area contributed by atoms with E-state index in [9.17, 15) is 0 Å². The first kappa shape index (κ1) is 10.1. The quantitative estimate of drug-likeness (QED) is 0.769. The highest BCUT2D eigenvalue weighted by molar-refractivity contribution is 5.35. The number of hydrogen-bond donors (Lipinski definition) is 1. The van der Waals surface area contributed by atoms with Crippen molar-refractivity contribution in [2.24, 2.45) is 5.73 Å². The number of methoxy groups -OCH3 is 1. The van der Waals surface area contributed by atoms with E-state index in [1.165, 1.54) is 11.1 Å². The molecule has 13 heavy (non-hydrogen) atoms. The largest absolute Gasteiger partial charge is 0.497 e. The van der Waals surface area contributed by atoms with Crippen LogP contribution in [-0.4, -0.2) is 13.2 Å². The van der Waals surface area contributed by atoms with Gasteiger partial charge in [0.1, 0.15) is 5.75 Å². The Morgan fingerprint density at radius 1 is 1.46 bits per heavy atom. The average molecular weight is 179 g/mol. The lowest BCUT2D eigenvalue weighted by molar-refractivity contribution is 0.414. The molecule has 0 fully saturated rings. The molecule has 0 heterocycles. The molecular weight excluding hydrogens is 162 g/mol. The van der Waals surface area contributed by atoms with Crippen LogP contribution in [-0.2, 0) is 6.42 Å². The van der Waals surface area contributed by atoms with Gasteiger partial charge in [0.15, 0.2) is 0 Å². The molecular formula is C11H17NO. The number of aryl methyl sites for hydroxylation is 1. The van der Waals surface area contributed by atoms with Crippen LogP contribution in [0.4, 0.5) is 0 Å². The summed E-state index contributed by atoms with van der Waals surface area (Å²) in [6, 6.07) is 6.29. The third-order valence-electron chi connectivity index (χ3n) is 2.10. The van der Waals surface area contributed by atoms with Crippen molar-refractivity contribution in [2.45, 2.75) is 26.3 Å². The van der Waals surface area contributed by atoms with Crippen molar-refractivity contribution in [1.82, 2.24) is 0 Å². The summed E-state index contributed by atoms with van der Waals surface area (Å²) in [6.07, 6.45) is 0.906. The second kappa shape index (κ2) is 4.28. The van der Waals surface area contributed by atoms with Gasteiger partial charge in [0.2, 0.25) is 0 Å². The van der Waals surface area contributed by atoms with Gasteiger partial charge in [-0.25, -0.2) is 0 Å². The van der Waals surface area contributed by atoms with E-state index >= 15 is 0 Å². The fraction of sp³-hybridized carbons (Fsp3) is 0.455. The molecule has 2 nitrogen and oxygen atoms in total. The zero-order chi connectivity index (χ0) is 9.84. The Bertz CT molecular complexity index is 281. The molecule has 2 heteroatoms. The first-order valence-electron chi connectivity index (χ1n) is 4.52. The van der Waals surface area contributed by atoms with Crippen molar-refractivity contribution in [1.29, 1.82) is 0 Å². The van der Waals surface area contributed by atoms with Crippen molar-refractivity contribution in [3.05, 3.63) is 29.3 Å². The second-order valence-corrected chi connectivity index (χ2v) is 3.47. The molecule has 0 aromatic heterocycles. The molecule has 0 saturated heterocycles. The van der Waals surface area contributed by atoms with Crippen molar-refractivity contribution in [3.63, 3.8) is 0 Å². The Morgan fingerprint density at radius 3 is 2.69 bits per heavy atom. The first-order chi connectivity index (χ1) is 6.13. The molecule has 1 rings (SSSR count). The van der Waals surface area contributed by atoms with E-state index in [2.05, 4.69) is 19.1 Å². The summed E-state index contributed by atoms with van der Waals surface area (Å²) in [5, 5.41) is 0. The van der Waals surface area contributed by atoms with Crippen LogP contribution in [0.3, 0.4) is 0 Å². The summed E-state index contributed by atoms with van der Waals surface area (Å²) in [4.78, 5) is 0. The zero-order valence-corrected chi connectivity index (χ0v) is 8.50. The van der Waals surface area contributed by atoms with Crippen LogP contribution in [0.2, 0.25) is 0 Å². The van der Waals surface area contributed by atoms with Crippen molar-refractivity contribution in [2.75, 3.05) is 7.11 Å². The number of benzene rings is 1. The fourth-order valence-electron chi connectivity index (χ4n) is 1.34. The molecule has 1 aromatic rings. The topological polar surface area (TPSA) is 35.2 Å². The molecule has 1 unspecified atom stereocenters. The average Bonchev–Trinajstić information content (AvgIpc) is 2.08. The van der Waals surface area contributed by atoms with E-state index < -0.39 is 0 Å². The molecule has 0 amide bonds. The third-order valence-corrected chi connectivity index (χ3v) is 2.10. The summed E-state index contributed by atoms with van der Waals surface area (Å²) >= 11 is 0. The predicted octanol–water partition coefficient (Wildman–Crippen LogP) is 1.89. The second-order valence-electron chi connectivity index (χ2n) is 3.47. The Hall–Kier alpha value is -1.02. The van der Waals surface area contributed by atoms with Crippen molar-refractivity contribution < 1.29 is 4.74 Å². The normalized spacial score (nSPS) is 12.6. The monoisotopic (exact) mass is 179 g/mol. The standard InChI is InChI=1S/C11H17NO/c1-8-4-5-11(13-3)7-10(8)6-9(2)12/h4-5,7,9H,6,12H2,1-3H3. The summed E-state index contributed by atoms with van der Waals surface area (Å²) in [5.74, 6) is 0.904. The van der Waals surface area contributed by atoms with Crippen LogP contribution in [0.15, 0.2) is 18.2 Å². The molecule has 0 aliphatic heterocycles. The Balaban J connectivity index is 2.90. The van der Waals surface area contributed by atoms with Gasteiger partial charge in [-0.15, -0.1) is 0 Å². The first-order valence-corrected chi connectivity index (χ1v) is 4.52. The van der Waals surface area contributed by atoms with E-state index in [1.807, 2.05) is 13.0 Å². The van der Waals surface area contributed by atoms with Crippen LogP contribution in [0, 0.1) is 6.92 Å². The van der Waals surface area contributed by atoms with Gasteiger partial charge in [-0.1, -0.05) is 6.07 Å². The molecule has 72 valence electrons. The molecule has 0 aliphatic carbocycles. The minimum atomic E-state index is 0.200. The molecule has 0 spiro atoms. The molecule has 0 aliphatic rings. The van der Waals surface area contributed by atoms with Gasteiger partial charge in [-0.2, -0.15) is 0 Å². The Morgan fingerprint density at radius 2 is 2.15 bits per heavy atom. The summed E-state index contributed by atoms with van der Waals surface area (Å²) in [5.41, 5.74) is 8.29. The minimum absolute atomic E-state index is 0.200. The number of nitrogens with two attached hydrogens (primary N) is 1. The van der Waals surface area contributed by atoms with Gasteiger partial charge in [0, 0.05) is 6.04 Å².